The number of rotatable bonds is 5. The Morgan fingerprint density at radius 3 is 2.52 bits per heavy atom. The molecule has 0 bridgehead atoms. The topological polar surface area (TPSA) is 66.4 Å². The van der Waals surface area contributed by atoms with E-state index < -0.39 is 35.0 Å². The van der Waals surface area contributed by atoms with Crippen molar-refractivity contribution < 1.29 is 23.5 Å². The van der Waals surface area contributed by atoms with Crippen LogP contribution in [0.25, 0.3) is 0 Å². The predicted octanol–water partition coefficient (Wildman–Crippen LogP) is 2.58. The van der Waals surface area contributed by atoms with Crippen molar-refractivity contribution in [1.82, 2.24) is 5.32 Å². The molecule has 0 saturated heterocycles. The zero-order chi connectivity index (χ0) is 15.6. The first-order chi connectivity index (χ1) is 9.84. The molecular formula is C15H17F2NO3. The molecule has 0 aromatic heterocycles. The number of amides is 1. The summed E-state index contributed by atoms with van der Waals surface area (Å²) in [5, 5.41) is 11.7. The van der Waals surface area contributed by atoms with E-state index in [1.54, 1.807) is 6.92 Å². The van der Waals surface area contributed by atoms with Gasteiger partial charge in [0.1, 0.15) is 17.2 Å². The molecule has 0 spiro atoms. The second-order valence-electron chi connectivity index (χ2n) is 5.56. The molecule has 4 nitrogen and oxygen atoms in total. The van der Waals surface area contributed by atoms with Crippen molar-refractivity contribution in [3.05, 3.63) is 35.4 Å². The summed E-state index contributed by atoms with van der Waals surface area (Å²) in [5.41, 5.74) is -0.928. The van der Waals surface area contributed by atoms with Gasteiger partial charge in [0.25, 0.3) is 0 Å². The maximum atomic E-state index is 13.6. The molecule has 1 aromatic carbocycles. The number of carboxylic acid groups (broad SMARTS) is 1. The molecule has 1 atom stereocenters. The second kappa shape index (κ2) is 5.79. The van der Waals surface area contributed by atoms with Crippen molar-refractivity contribution in [3.63, 3.8) is 0 Å². The first-order valence-electron chi connectivity index (χ1n) is 6.83. The van der Waals surface area contributed by atoms with Gasteiger partial charge in [-0.1, -0.05) is 13.0 Å². The summed E-state index contributed by atoms with van der Waals surface area (Å²) in [5.74, 6) is -3.31. The van der Waals surface area contributed by atoms with Crippen LogP contribution in [0.2, 0.25) is 0 Å². The van der Waals surface area contributed by atoms with E-state index in [4.69, 9.17) is 5.11 Å². The molecule has 1 aromatic rings. The molecule has 2 rings (SSSR count). The second-order valence-corrected chi connectivity index (χ2v) is 5.56. The summed E-state index contributed by atoms with van der Waals surface area (Å²) in [6.45, 7) is 1.64. The summed E-state index contributed by atoms with van der Waals surface area (Å²) in [7, 11) is 0. The molecule has 0 radical (unpaired) electrons. The van der Waals surface area contributed by atoms with Crippen LogP contribution in [0.5, 0.6) is 0 Å². The fraction of sp³-hybridized carbons (Fsp3) is 0.467. The standard InChI is InChI=1S/C15H17F2NO3/c1-9(11-4-3-10(16)8-12(11)17)7-13(19)18-15(14(20)21)5-2-6-15/h3-4,8-9H,2,5-7H2,1H3,(H,18,19)(H,20,21). The van der Waals surface area contributed by atoms with Gasteiger partial charge in [-0.15, -0.1) is 0 Å². The fourth-order valence-corrected chi connectivity index (χ4v) is 2.53. The number of hydrogen-bond donors (Lipinski definition) is 2. The van der Waals surface area contributed by atoms with Crippen LogP contribution in [0.15, 0.2) is 18.2 Å². The van der Waals surface area contributed by atoms with Gasteiger partial charge < -0.3 is 10.4 Å². The molecule has 21 heavy (non-hydrogen) atoms. The van der Waals surface area contributed by atoms with Crippen LogP contribution in [0.1, 0.15) is 44.1 Å². The minimum absolute atomic E-state index is 0.0441. The minimum Gasteiger partial charge on any atom is -0.480 e. The number of carboxylic acids is 1. The van der Waals surface area contributed by atoms with Crippen molar-refractivity contribution in [2.24, 2.45) is 0 Å². The largest absolute Gasteiger partial charge is 0.480 e. The zero-order valence-electron chi connectivity index (χ0n) is 11.7. The van der Waals surface area contributed by atoms with Crippen molar-refractivity contribution in [3.8, 4) is 0 Å². The first-order valence-corrected chi connectivity index (χ1v) is 6.83. The van der Waals surface area contributed by atoms with Crippen LogP contribution in [0.3, 0.4) is 0 Å². The number of carbonyl (C=O) groups excluding carboxylic acids is 1. The van der Waals surface area contributed by atoms with Gasteiger partial charge in [-0.2, -0.15) is 0 Å². The van der Waals surface area contributed by atoms with E-state index >= 15 is 0 Å². The van der Waals surface area contributed by atoms with Crippen LogP contribution < -0.4 is 5.32 Å². The molecule has 2 N–H and O–H groups in total. The highest BCUT2D eigenvalue weighted by molar-refractivity contribution is 5.88. The Labute approximate surface area is 121 Å². The van der Waals surface area contributed by atoms with E-state index in [-0.39, 0.29) is 12.0 Å². The van der Waals surface area contributed by atoms with E-state index in [2.05, 4.69) is 5.32 Å². The number of halogens is 2. The Hall–Kier alpha value is -1.98. The molecule has 1 saturated carbocycles. The van der Waals surface area contributed by atoms with E-state index in [1.807, 2.05) is 0 Å². The average Bonchev–Trinajstić information content (AvgIpc) is 2.32. The molecule has 1 aliphatic carbocycles. The highest BCUT2D eigenvalue weighted by atomic mass is 19.1. The highest BCUT2D eigenvalue weighted by Gasteiger charge is 2.45. The average molecular weight is 297 g/mol. The lowest BCUT2D eigenvalue weighted by Crippen LogP contribution is -2.59. The van der Waals surface area contributed by atoms with Crippen molar-refractivity contribution in [2.45, 2.75) is 44.1 Å². The normalized spacial score (nSPS) is 17.7. The number of benzene rings is 1. The van der Waals surface area contributed by atoms with Crippen LogP contribution >= 0.6 is 0 Å². The Kier molecular flexibility index (Phi) is 4.25. The van der Waals surface area contributed by atoms with Crippen LogP contribution in [-0.4, -0.2) is 22.5 Å². The smallest absolute Gasteiger partial charge is 0.329 e. The van der Waals surface area contributed by atoms with Crippen molar-refractivity contribution in [1.29, 1.82) is 0 Å². The Bertz CT molecular complexity index is 570. The Morgan fingerprint density at radius 2 is 2.05 bits per heavy atom. The van der Waals surface area contributed by atoms with E-state index in [9.17, 15) is 18.4 Å². The molecule has 1 unspecified atom stereocenters. The molecular weight excluding hydrogens is 280 g/mol. The highest BCUT2D eigenvalue weighted by Crippen LogP contribution is 2.32. The molecule has 1 amide bonds. The SMILES string of the molecule is CC(CC(=O)NC1(C(=O)O)CCC1)c1ccc(F)cc1F. The summed E-state index contributed by atoms with van der Waals surface area (Å²) < 4.78 is 26.5. The monoisotopic (exact) mass is 297 g/mol. The van der Waals surface area contributed by atoms with E-state index in [0.717, 1.165) is 18.6 Å². The summed E-state index contributed by atoms with van der Waals surface area (Å²) in [6, 6.07) is 3.21. The van der Waals surface area contributed by atoms with Gasteiger partial charge in [0.05, 0.1) is 0 Å². The molecule has 0 aliphatic heterocycles. The summed E-state index contributed by atoms with van der Waals surface area (Å²) in [4.78, 5) is 23.1. The van der Waals surface area contributed by atoms with Gasteiger partial charge in [0.15, 0.2) is 0 Å². The third-order valence-electron chi connectivity index (χ3n) is 3.98. The zero-order valence-corrected chi connectivity index (χ0v) is 11.7. The number of nitrogens with one attached hydrogen (secondary N) is 1. The van der Waals surface area contributed by atoms with Crippen LogP contribution in [0.4, 0.5) is 8.78 Å². The van der Waals surface area contributed by atoms with Gasteiger partial charge >= 0.3 is 5.97 Å². The summed E-state index contributed by atoms with van der Waals surface area (Å²) in [6.07, 6.45) is 1.53. The summed E-state index contributed by atoms with van der Waals surface area (Å²) >= 11 is 0. The lowest BCUT2D eigenvalue weighted by Gasteiger charge is -2.38. The Morgan fingerprint density at radius 1 is 1.38 bits per heavy atom. The van der Waals surface area contributed by atoms with Gasteiger partial charge in [-0.3, -0.25) is 4.79 Å². The number of aliphatic carboxylic acids is 1. The van der Waals surface area contributed by atoms with E-state index in [0.29, 0.717) is 12.8 Å². The third kappa shape index (κ3) is 3.20. The molecule has 1 fully saturated rings. The first kappa shape index (κ1) is 15.4. The van der Waals surface area contributed by atoms with Crippen LogP contribution in [0, 0.1) is 11.6 Å². The number of carbonyl (C=O) groups is 2. The lowest BCUT2D eigenvalue weighted by atomic mass is 9.76. The molecule has 0 heterocycles. The molecule has 114 valence electrons. The quantitative estimate of drug-likeness (QED) is 0.878. The third-order valence-corrected chi connectivity index (χ3v) is 3.98. The predicted molar refractivity (Wildman–Crippen MR) is 71.8 cm³/mol. The van der Waals surface area contributed by atoms with Gasteiger partial charge in [-0.05, 0) is 36.8 Å². The van der Waals surface area contributed by atoms with Gasteiger partial charge in [0, 0.05) is 12.5 Å². The Balaban J connectivity index is 2.00. The van der Waals surface area contributed by atoms with Crippen LogP contribution in [-0.2, 0) is 9.59 Å². The fourth-order valence-electron chi connectivity index (χ4n) is 2.53. The number of hydrogen-bond acceptors (Lipinski definition) is 2. The lowest BCUT2D eigenvalue weighted by molar-refractivity contribution is -0.151. The van der Waals surface area contributed by atoms with Crippen molar-refractivity contribution in [2.75, 3.05) is 0 Å². The maximum Gasteiger partial charge on any atom is 0.329 e. The van der Waals surface area contributed by atoms with Crippen molar-refractivity contribution >= 4 is 11.9 Å². The molecule has 1 aliphatic rings. The van der Waals surface area contributed by atoms with Gasteiger partial charge in [-0.25, -0.2) is 13.6 Å². The van der Waals surface area contributed by atoms with E-state index in [1.165, 1.54) is 6.07 Å². The van der Waals surface area contributed by atoms with Gasteiger partial charge in [0.2, 0.25) is 5.91 Å². The molecule has 6 heteroatoms. The minimum atomic E-state index is -1.17. The maximum absolute atomic E-state index is 13.6.